The minimum Gasteiger partial charge on any atom is -0.481 e. The molecule has 2 bridgehead atoms. The van der Waals surface area contributed by atoms with Crippen molar-refractivity contribution in [2.24, 2.45) is 23.7 Å². The van der Waals surface area contributed by atoms with Crippen LogP contribution in [0.4, 0.5) is 5.69 Å². The molecule has 1 fully saturated rings. The van der Waals surface area contributed by atoms with Crippen LogP contribution in [0.5, 0.6) is 0 Å². The van der Waals surface area contributed by atoms with Gasteiger partial charge < -0.3 is 10.4 Å². The number of hydrogen-bond donors (Lipinski definition) is 2. The zero-order chi connectivity index (χ0) is 19.0. The van der Waals surface area contributed by atoms with Crippen molar-refractivity contribution in [3.05, 3.63) is 77.9 Å². The topological polar surface area (TPSA) is 83.5 Å². The molecule has 2 aliphatic rings. The Balaban J connectivity index is 1.60. The van der Waals surface area contributed by atoms with Crippen LogP contribution in [0.15, 0.2) is 66.7 Å². The van der Waals surface area contributed by atoms with E-state index in [-0.39, 0.29) is 23.5 Å². The first kappa shape index (κ1) is 17.2. The summed E-state index contributed by atoms with van der Waals surface area (Å²) in [5.74, 6) is -2.95. The van der Waals surface area contributed by atoms with E-state index in [1.807, 2.05) is 18.2 Å². The number of amides is 1. The Morgan fingerprint density at radius 3 is 2.19 bits per heavy atom. The molecule has 136 valence electrons. The van der Waals surface area contributed by atoms with Crippen molar-refractivity contribution < 1.29 is 19.5 Å². The van der Waals surface area contributed by atoms with Crippen LogP contribution in [-0.2, 0) is 9.59 Å². The van der Waals surface area contributed by atoms with Gasteiger partial charge in [0.15, 0.2) is 5.78 Å². The van der Waals surface area contributed by atoms with Gasteiger partial charge in [0.1, 0.15) is 0 Å². The minimum absolute atomic E-state index is 0.0620. The highest BCUT2D eigenvalue weighted by atomic mass is 16.4. The fourth-order valence-corrected chi connectivity index (χ4v) is 4.27. The summed E-state index contributed by atoms with van der Waals surface area (Å²) in [5.41, 5.74) is 1.33. The Hall–Kier alpha value is -3.21. The number of hydrogen-bond acceptors (Lipinski definition) is 3. The minimum atomic E-state index is -0.944. The molecule has 2 aliphatic carbocycles. The van der Waals surface area contributed by atoms with E-state index in [1.165, 1.54) is 0 Å². The fraction of sp³-hybridized carbons (Fsp3) is 0.227. The molecule has 0 heterocycles. The molecule has 0 spiro atoms. The number of carbonyl (C=O) groups excluding carboxylic acids is 2. The standard InChI is InChI=1S/C22H19NO4/c24-20(13-6-2-1-3-7-13)16-8-4-5-9-17(16)23-21(25)18-14-10-11-15(12-14)19(18)22(26)27/h1-11,14-15,18-19H,12H2,(H,23,25)(H,26,27)/t14-,15-,18-,19+/m0/s1. The molecule has 2 aromatic rings. The third kappa shape index (κ3) is 3.05. The summed E-state index contributed by atoms with van der Waals surface area (Å²) in [7, 11) is 0. The van der Waals surface area contributed by atoms with Crippen LogP contribution >= 0.6 is 0 Å². The molecule has 5 nitrogen and oxygen atoms in total. The highest BCUT2D eigenvalue weighted by molar-refractivity contribution is 6.14. The van der Waals surface area contributed by atoms with E-state index >= 15 is 0 Å². The number of ketones is 1. The van der Waals surface area contributed by atoms with Crippen molar-refractivity contribution in [1.82, 2.24) is 0 Å². The summed E-state index contributed by atoms with van der Waals surface area (Å²) in [5, 5.41) is 12.4. The number of carbonyl (C=O) groups is 3. The Morgan fingerprint density at radius 2 is 1.48 bits per heavy atom. The number of nitrogens with one attached hydrogen (secondary N) is 1. The normalized spacial score (nSPS) is 25.3. The van der Waals surface area contributed by atoms with Crippen LogP contribution in [0.25, 0.3) is 0 Å². The van der Waals surface area contributed by atoms with Gasteiger partial charge in [-0.2, -0.15) is 0 Å². The van der Waals surface area contributed by atoms with Crippen molar-refractivity contribution in [2.45, 2.75) is 6.42 Å². The first-order chi connectivity index (χ1) is 13.1. The molecular weight excluding hydrogens is 342 g/mol. The van der Waals surface area contributed by atoms with Gasteiger partial charge in [-0.15, -0.1) is 0 Å². The Labute approximate surface area is 156 Å². The van der Waals surface area contributed by atoms with E-state index in [9.17, 15) is 19.5 Å². The molecule has 2 aromatic carbocycles. The van der Waals surface area contributed by atoms with Gasteiger partial charge in [0, 0.05) is 11.1 Å². The Kier molecular flexibility index (Phi) is 4.36. The smallest absolute Gasteiger partial charge is 0.307 e. The quantitative estimate of drug-likeness (QED) is 0.632. The van der Waals surface area contributed by atoms with Crippen molar-refractivity contribution in [1.29, 1.82) is 0 Å². The second-order valence-electron chi connectivity index (χ2n) is 7.07. The highest BCUT2D eigenvalue weighted by Gasteiger charge is 2.51. The van der Waals surface area contributed by atoms with E-state index in [0.29, 0.717) is 23.2 Å². The Bertz CT molecular complexity index is 934. The van der Waals surface area contributed by atoms with Crippen LogP contribution in [0.2, 0.25) is 0 Å². The molecule has 5 heteroatoms. The number of anilines is 1. The average molecular weight is 361 g/mol. The summed E-state index contributed by atoms with van der Waals surface area (Å²) in [6, 6.07) is 15.7. The monoisotopic (exact) mass is 361 g/mol. The predicted molar refractivity (Wildman–Crippen MR) is 100 cm³/mol. The molecule has 2 N–H and O–H groups in total. The van der Waals surface area contributed by atoms with Gasteiger partial charge in [0.05, 0.1) is 17.5 Å². The van der Waals surface area contributed by atoms with Gasteiger partial charge in [0.2, 0.25) is 5.91 Å². The molecule has 1 amide bonds. The van der Waals surface area contributed by atoms with E-state index in [0.717, 1.165) is 0 Å². The molecule has 4 atom stereocenters. The lowest BCUT2D eigenvalue weighted by molar-refractivity contribution is -0.146. The second-order valence-corrected chi connectivity index (χ2v) is 7.07. The number of aliphatic carboxylic acids is 1. The van der Waals surface area contributed by atoms with E-state index < -0.39 is 17.8 Å². The van der Waals surface area contributed by atoms with Crippen LogP contribution in [-0.4, -0.2) is 22.8 Å². The number of para-hydroxylation sites is 1. The molecule has 0 saturated heterocycles. The maximum absolute atomic E-state index is 12.9. The van der Waals surface area contributed by atoms with Crippen LogP contribution in [0.1, 0.15) is 22.3 Å². The van der Waals surface area contributed by atoms with Crippen LogP contribution < -0.4 is 5.32 Å². The molecule has 0 unspecified atom stereocenters. The van der Waals surface area contributed by atoms with Crippen molar-refractivity contribution >= 4 is 23.3 Å². The number of rotatable bonds is 5. The second kappa shape index (κ2) is 6.83. The molecular formula is C22H19NO4. The van der Waals surface area contributed by atoms with Gasteiger partial charge in [-0.25, -0.2) is 0 Å². The number of carboxylic acid groups (broad SMARTS) is 1. The molecule has 0 aliphatic heterocycles. The largest absolute Gasteiger partial charge is 0.481 e. The van der Waals surface area contributed by atoms with Crippen molar-refractivity contribution in [2.75, 3.05) is 5.32 Å². The molecule has 0 radical (unpaired) electrons. The third-order valence-electron chi connectivity index (χ3n) is 5.51. The summed E-state index contributed by atoms with van der Waals surface area (Å²) < 4.78 is 0. The van der Waals surface area contributed by atoms with Gasteiger partial charge >= 0.3 is 5.97 Å². The highest BCUT2D eigenvalue weighted by Crippen LogP contribution is 2.48. The fourth-order valence-electron chi connectivity index (χ4n) is 4.27. The SMILES string of the molecule is O=C(c1ccccc1)c1ccccc1NC(=O)[C@@H]1[C@H](C(=O)O)[C@H]2C=C[C@H]1C2. The molecule has 1 saturated carbocycles. The van der Waals surface area contributed by atoms with Crippen LogP contribution in [0, 0.1) is 23.7 Å². The van der Waals surface area contributed by atoms with E-state index in [4.69, 9.17) is 0 Å². The molecule has 27 heavy (non-hydrogen) atoms. The third-order valence-corrected chi connectivity index (χ3v) is 5.51. The Morgan fingerprint density at radius 1 is 0.852 bits per heavy atom. The van der Waals surface area contributed by atoms with Crippen molar-refractivity contribution in [3.63, 3.8) is 0 Å². The lowest BCUT2D eigenvalue weighted by Crippen LogP contribution is -2.36. The van der Waals surface area contributed by atoms with Gasteiger partial charge in [-0.1, -0.05) is 54.6 Å². The summed E-state index contributed by atoms with van der Waals surface area (Å²) >= 11 is 0. The number of carboxylic acids is 1. The maximum Gasteiger partial charge on any atom is 0.307 e. The zero-order valence-corrected chi connectivity index (χ0v) is 14.5. The predicted octanol–water partition coefficient (Wildman–Crippen LogP) is 3.38. The van der Waals surface area contributed by atoms with Gasteiger partial charge in [-0.3, -0.25) is 14.4 Å². The van der Waals surface area contributed by atoms with E-state index in [2.05, 4.69) is 5.32 Å². The first-order valence-electron chi connectivity index (χ1n) is 8.97. The van der Waals surface area contributed by atoms with Crippen LogP contribution in [0.3, 0.4) is 0 Å². The van der Waals surface area contributed by atoms with E-state index in [1.54, 1.807) is 48.5 Å². The summed E-state index contributed by atoms with van der Waals surface area (Å²) in [6.07, 6.45) is 4.54. The average Bonchev–Trinajstić information content (AvgIpc) is 3.30. The lowest BCUT2D eigenvalue weighted by Gasteiger charge is -2.24. The number of benzene rings is 2. The van der Waals surface area contributed by atoms with Gasteiger partial charge in [-0.05, 0) is 30.4 Å². The maximum atomic E-state index is 12.9. The number of fused-ring (bicyclic) bond motifs is 2. The number of allylic oxidation sites excluding steroid dienone is 2. The molecule has 4 rings (SSSR count). The zero-order valence-electron chi connectivity index (χ0n) is 14.5. The lowest BCUT2D eigenvalue weighted by atomic mass is 9.82. The molecule has 0 aromatic heterocycles. The summed E-state index contributed by atoms with van der Waals surface area (Å²) in [6.45, 7) is 0. The summed E-state index contributed by atoms with van der Waals surface area (Å²) in [4.78, 5) is 37.4. The first-order valence-corrected chi connectivity index (χ1v) is 8.97. The van der Waals surface area contributed by atoms with Crippen molar-refractivity contribution in [3.8, 4) is 0 Å². The van der Waals surface area contributed by atoms with Gasteiger partial charge in [0.25, 0.3) is 0 Å².